The van der Waals surface area contributed by atoms with Crippen LogP contribution < -0.4 is 0 Å². The van der Waals surface area contributed by atoms with E-state index in [0.717, 1.165) is 12.0 Å². The summed E-state index contributed by atoms with van der Waals surface area (Å²) in [6.07, 6.45) is 1.57. The summed E-state index contributed by atoms with van der Waals surface area (Å²) in [5, 5.41) is 0. The summed E-state index contributed by atoms with van der Waals surface area (Å²) in [5.41, 5.74) is 1.15. The van der Waals surface area contributed by atoms with E-state index in [4.69, 9.17) is 9.05 Å². The normalized spacial score (nSPS) is 13.4. The Bertz CT molecular complexity index is 387. The van der Waals surface area contributed by atoms with E-state index in [0.29, 0.717) is 6.42 Å². The van der Waals surface area contributed by atoms with E-state index >= 15 is 0 Å². The SMILES string of the molecule is CCOP(=O)(OCC)C(F)CCCc1ccccc1. The molecule has 0 saturated carbocycles. The Balaban J connectivity index is 2.44. The second-order valence-corrected chi connectivity index (χ2v) is 6.34. The smallest absolute Gasteiger partial charge is 0.307 e. The minimum absolute atomic E-state index is 0.187. The van der Waals surface area contributed by atoms with Gasteiger partial charge in [-0.05, 0) is 38.7 Å². The lowest BCUT2D eigenvalue weighted by Gasteiger charge is -2.20. The van der Waals surface area contributed by atoms with Crippen LogP contribution in [0.5, 0.6) is 0 Å². The first-order chi connectivity index (χ1) is 9.12. The molecular formula is C14H22FO3P. The lowest BCUT2D eigenvalue weighted by atomic mass is 10.1. The van der Waals surface area contributed by atoms with Crippen LogP contribution in [0, 0.1) is 0 Å². The van der Waals surface area contributed by atoms with Gasteiger partial charge in [0.25, 0.3) is 0 Å². The van der Waals surface area contributed by atoms with Gasteiger partial charge in [-0.15, -0.1) is 0 Å². The molecule has 0 fully saturated rings. The first-order valence-corrected chi connectivity index (χ1v) is 8.30. The third-order valence-corrected chi connectivity index (χ3v) is 4.89. The molecule has 0 aromatic heterocycles. The average Bonchev–Trinajstić information content (AvgIpc) is 2.40. The van der Waals surface area contributed by atoms with E-state index in [1.807, 2.05) is 30.3 Å². The van der Waals surface area contributed by atoms with Crippen molar-refractivity contribution in [2.45, 2.75) is 39.0 Å². The van der Waals surface area contributed by atoms with Gasteiger partial charge in [-0.2, -0.15) is 0 Å². The fourth-order valence-electron chi connectivity index (χ4n) is 1.84. The third-order valence-electron chi connectivity index (χ3n) is 2.71. The van der Waals surface area contributed by atoms with E-state index in [9.17, 15) is 8.96 Å². The van der Waals surface area contributed by atoms with Gasteiger partial charge in [0.05, 0.1) is 13.2 Å². The number of hydrogen-bond acceptors (Lipinski definition) is 3. The molecule has 1 atom stereocenters. The Kier molecular flexibility index (Phi) is 7.29. The fraction of sp³-hybridized carbons (Fsp3) is 0.571. The molecule has 0 saturated heterocycles. The first kappa shape index (κ1) is 16.4. The molecule has 0 N–H and O–H groups in total. The van der Waals surface area contributed by atoms with Crippen molar-refractivity contribution in [3.63, 3.8) is 0 Å². The predicted molar refractivity (Wildman–Crippen MR) is 75.1 cm³/mol. The molecule has 3 nitrogen and oxygen atoms in total. The van der Waals surface area contributed by atoms with Crippen molar-refractivity contribution >= 4 is 7.60 Å². The number of alkyl halides is 1. The molecule has 19 heavy (non-hydrogen) atoms. The molecule has 1 unspecified atom stereocenters. The number of rotatable bonds is 9. The summed E-state index contributed by atoms with van der Waals surface area (Å²) >= 11 is 0. The van der Waals surface area contributed by atoms with Crippen LogP contribution in [0.3, 0.4) is 0 Å². The maximum atomic E-state index is 14.0. The van der Waals surface area contributed by atoms with Gasteiger partial charge in [0.2, 0.25) is 5.91 Å². The standard InChI is InChI=1S/C14H22FO3P/c1-3-17-19(16,18-4-2)14(15)12-8-11-13-9-6-5-7-10-13/h5-7,9-10,14H,3-4,8,11-12H2,1-2H3. The van der Waals surface area contributed by atoms with Gasteiger partial charge < -0.3 is 9.05 Å². The molecular weight excluding hydrogens is 266 g/mol. The van der Waals surface area contributed by atoms with Crippen LogP contribution in [-0.4, -0.2) is 19.1 Å². The lowest BCUT2D eigenvalue weighted by Crippen LogP contribution is -2.09. The summed E-state index contributed by atoms with van der Waals surface area (Å²) in [7, 11) is -3.60. The monoisotopic (exact) mass is 288 g/mol. The highest BCUT2D eigenvalue weighted by Gasteiger charge is 2.35. The van der Waals surface area contributed by atoms with Crippen molar-refractivity contribution in [1.29, 1.82) is 0 Å². The van der Waals surface area contributed by atoms with Crippen molar-refractivity contribution in [3.05, 3.63) is 35.9 Å². The molecule has 5 heteroatoms. The van der Waals surface area contributed by atoms with Crippen LogP contribution in [0.15, 0.2) is 30.3 Å². The molecule has 1 aromatic rings. The summed E-state index contributed by atoms with van der Waals surface area (Å²) in [5.74, 6) is -1.55. The molecule has 0 spiro atoms. The summed E-state index contributed by atoms with van der Waals surface area (Å²) in [6.45, 7) is 3.75. The molecule has 0 heterocycles. The Hall–Kier alpha value is -0.700. The van der Waals surface area contributed by atoms with Crippen LogP contribution in [0.1, 0.15) is 32.3 Å². The number of aryl methyl sites for hydroxylation is 1. The van der Waals surface area contributed by atoms with Gasteiger partial charge in [-0.3, -0.25) is 4.57 Å². The Labute approximate surface area is 114 Å². The Morgan fingerprint density at radius 3 is 2.26 bits per heavy atom. The molecule has 0 bridgehead atoms. The summed E-state index contributed by atoms with van der Waals surface area (Å²) < 4.78 is 36.1. The van der Waals surface area contributed by atoms with Crippen LogP contribution in [-0.2, 0) is 20.0 Å². The lowest BCUT2D eigenvalue weighted by molar-refractivity contribution is 0.186. The molecule has 0 aliphatic carbocycles. The van der Waals surface area contributed by atoms with Crippen molar-refractivity contribution < 1.29 is 18.0 Å². The van der Waals surface area contributed by atoms with Crippen LogP contribution in [0.25, 0.3) is 0 Å². The molecule has 0 amide bonds. The Morgan fingerprint density at radius 2 is 1.74 bits per heavy atom. The molecule has 0 aliphatic heterocycles. The highest BCUT2D eigenvalue weighted by molar-refractivity contribution is 7.54. The number of benzene rings is 1. The maximum absolute atomic E-state index is 14.0. The van der Waals surface area contributed by atoms with Gasteiger partial charge in [0.15, 0.2) is 0 Å². The Morgan fingerprint density at radius 1 is 1.16 bits per heavy atom. The average molecular weight is 288 g/mol. The summed E-state index contributed by atoms with van der Waals surface area (Å²) in [6, 6.07) is 9.84. The maximum Gasteiger partial charge on any atom is 0.364 e. The summed E-state index contributed by atoms with van der Waals surface area (Å²) in [4.78, 5) is 0. The zero-order valence-electron chi connectivity index (χ0n) is 11.5. The van der Waals surface area contributed by atoms with E-state index in [-0.39, 0.29) is 19.6 Å². The van der Waals surface area contributed by atoms with Gasteiger partial charge in [0, 0.05) is 0 Å². The van der Waals surface area contributed by atoms with Gasteiger partial charge in [-0.25, -0.2) is 4.39 Å². The van der Waals surface area contributed by atoms with Gasteiger partial charge in [0.1, 0.15) is 0 Å². The quantitative estimate of drug-likeness (QED) is 0.624. The zero-order chi connectivity index (χ0) is 14.1. The highest BCUT2D eigenvalue weighted by Crippen LogP contribution is 2.55. The first-order valence-electron chi connectivity index (χ1n) is 6.69. The topological polar surface area (TPSA) is 35.5 Å². The van der Waals surface area contributed by atoms with Crippen molar-refractivity contribution in [2.75, 3.05) is 13.2 Å². The predicted octanol–water partition coefficient (Wildman–Crippen LogP) is 4.57. The third kappa shape index (κ3) is 5.43. The van der Waals surface area contributed by atoms with Crippen molar-refractivity contribution in [2.24, 2.45) is 0 Å². The largest absolute Gasteiger partial charge is 0.364 e. The highest BCUT2D eigenvalue weighted by atomic mass is 31.2. The zero-order valence-corrected chi connectivity index (χ0v) is 12.4. The van der Waals surface area contributed by atoms with Crippen molar-refractivity contribution in [3.8, 4) is 0 Å². The second kappa shape index (κ2) is 8.47. The molecule has 1 aromatic carbocycles. The number of hydrogen-bond donors (Lipinski definition) is 0. The van der Waals surface area contributed by atoms with Crippen molar-refractivity contribution in [1.82, 2.24) is 0 Å². The van der Waals surface area contributed by atoms with Gasteiger partial charge in [-0.1, -0.05) is 30.3 Å². The number of halogens is 1. The second-order valence-electron chi connectivity index (χ2n) is 4.19. The van der Waals surface area contributed by atoms with Crippen LogP contribution in [0.4, 0.5) is 4.39 Å². The van der Waals surface area contributed by atoms with Gasteiger partial charge >= 0.3 is 7.60 Å². The minimum atomic E-state index is -3.60. The fourth-order valence-corrected chi connectivity index (χ4v) is 3.45. The van der Waals surface area contributed by atoms with Crippen LogP contribution in [0.2, 0.25) is 0 Å². The van der Waals surface area contributed by atoms with Crippen LogP contribution >= 0.6 is 7.60 Å². The van der Waals surface area contributed by atoms with E-state index in [1.54, 1.807) is 13.8 Å². The molecule has 108 valence electrons. The van der Waals surface area contributed by atoms with E-state index < -0.39 is 13.5 Å². The molecule has 0 aliphatic rings. The van der Waals surface area contributed by atoms with E-state index in [1.165, 1.54) is 0 Å². The minimum Gasteiger partial charge on any atom is -0.307 e. The van der Waals surface area contributed by atoms with E-state index in [2.05, 4.69) is 0 Å². The molecule has 0 radical (unpaired) electrons. The molecule has 1 rings (SSSR count).